The number of aromatic nitrogens is 1. The summed E-state index contributed by atoms with van der Waals surface area (Å²) in [4.78, 5) is 18.8. The molecule has 0 spiro atoms. The third-order valence-corrected chi connectivity index (χ3v) is 7.29. The lowest BCUT2D eigenvalue weighted by Gasteiger charge is -2.10. The fourth-order valence-corrected chi connectivity index (χ4v) is 5.66. The minimum atomic E-state index is -0.309. The number of carbonyl (C=O) groups is 1. The van der Waals surface area contributed by atoms with Crippen LogP contribution in [0.25, 0.3) is 10.9 Å². The first kappa shape index (κ1) is 23.9. The smallest absolute Gasteiger partial charge is 0.142 e. The van der Waals surface area contributed by atoms with E-state index >= 15 is 0 Å². The summed E-state index contributed by atoms with van der Waals surface area (Å²) >= 11 is 3.13. The van der Waals surface area contributed by atoms with Crippen molar-refractivity contribution in [3.05, 3.63) is 82.6 Å². The number of carbonyl (C=O) groups excluding carboxylic acids is 1. The van der Waals surface area contributed by atoms with E-state index in [0.717, 1.165) is 30.4 Å². The minimum Gasteiger partial charge on any atom is -0.490 e. The molecule has 172 valence electrons. The zero-order chi connectivity index (χ0) is 23.9. The summed E-state index contributed by atoms with van der Waals surface area (Å²) in [5.41, 5.74) is 1.99. The number of halogens is 1. The normalized spacial score (nSPS) is 10.9. The summed E-state index contributed by atoms with van der Waals surface area (Å²) in [7, 11) is 1.59. The second kappa shape index (κ2) is 11.3. The van der Waals surface area contributed by atoms with Crippen LogP contribution in [0.1, 0.15) is 16.0 Å². The van der Waals surface area contributed by atoms with Gasteiger partial charge in [-0.05, 0) is 42.0 Å². The number of methoxy groups -OCH3 is 1. The third-order valence-electron chi connectivity index (χ3n) is 5.00. The Balaban J connectivity index is 1.48. The Morgan fingerprint density at radius 2 is 1.94 bits per heavy atom. The Bertz CT molecular complexity index is 1350. The fraction of sp³-hybridized carbons (Fsp3) is 0.192. The second-order valence-electron chi connectivity index (χ2n) is 7.47. The van der Waals surface area contributed by atoms with Crippen molar-refractivity contribution in [3.63, 3.8) is 0 Å². The molecule has 0 bridgehead atoms. The highest BCUT2D eigenvalue weighted by Crippen LogP contribution is 2.38. The maximum atomic E-state index is 13.1. The van der Waals surface area contributed by atoms with E-state index in [4.69, 9.17) is 9.47 Å². The van der Waals surface area contributed by atoms with Gasteiger partial charge in [-0.2, -0.15) is 5.26 Å². The van der Waals surface area contributed by atoms with Gasteiger partial charge in [-0.3, -0.25) is 9.78 Å². The molecule has 0 aliphatic rings. The molecule has 2 aromatic heterocycles. The van der Waals surface area contributed by atoms with Crippen molar-refractivity contribution in [2.45, 2.75) is 21.9 Å². The minimum absolute atomic E-state index is 0.0824. The number of ketones is 1. The number of hydrogen-bond acceptors (Lipinski definition) is 7. The maximum absolute atomic E-state index is 13.1. The van der Waals surface area contributed by atoms with Gasteiger partial charge in [-0.25, -0.2) is 4.39 Å². The molecular weight excluding hydrogens is 471 g/mol. The SMILES string of the molecule is COCCOc1cc2nccc(Sc3ccc(CC(=O)Cc4ccc(F)cc4)s3)c2cc1C#N. The van der Waals surface area contributed by atoms with Gasteiger partial charge in [0.1, 0.15) is 30.0 Å². The Morgan fingerprint density at radius 3 is 2.71 bits per heavy atom. The molecule has 0 atom stereocenters. The van der Waals surface area contributed by atoms with Crippen molar-refractivity contribution in [3.8, 4) is 11.8 Å². The van der Waals surface area contributed by atoms with Crippen LogP contribution in [0.4, 0.5) is 4.39 Å². The first-order valence-electron chi connectivity index (χ1n) is 10.5. The highest BCUT2D eigenvalue weighted by Gasteiger charge is 2.13. The van der Waals surface area contributed by atoms with Crippen LogP contribution in [0.5, 0.6) is 5.75 Å². The topological polar surface area (TPSA) is 72.2 Å². The van der Waals surface area contributed by atoms with Crippen LogP contribution in [0.3, 0.4) is 0 Å². The number of nitrogens with zero attached hydrogens (tertiary/aromatic N) is 2. The molecule has 0 aliphatic carbocycles. The predicted molar refractivity (Wildman–Crippen MR) is 131 cm³/mol. The number of fused-ring (bicyclic) bond motifs is 1. The predicted octanol–water partition coefficient (Wildman–Crippen LogP) is 5.84. The number of rotatable bonds is 10. The van der Waals surface area contributed by atoms with Crippen molar-refractivity contribution >= 4 is 39.8 Å². The van der Waals surface area contributed by atoms with E-state index in [1.807, 2.05) is 18.2 Å². The lowest BCUT2D eigenvalue weighted by Crippen LogP contribution is -2.05. The Kier molecular flexibility index (Phi) is 7.91. The number of thiophene rings is 1. The highest BCUT2D eigenvalue weighted by molar-refractivity contribution is 8.01. The molecule has 0 N–H and O–H groups in total. The molecule has 4 rings (SSSR count). The summed E-state index contributed by atoms with van der Waals surface area (Å²) in [5.74, 6) is 0.260. The standard InChI is InChI=1S/C26H21FN2O3S2/c1-31-10-11-32-24-15-23-22(13-18(24)16-28)25(8-9-29-23)34-26-7-6-21(33-26)14-20(30)12-17-2-4-19(27)5-3-17/h2-9,13,15H,10-12,14H2,1H3. The van der Waals surface area contributed by atoms with Crippen molar-refractivity contribution in [1.82, 2.24) is 4.98 Å². The van der Waals surface area contributed by atoms with Crippen LogP contribution in [0, 0.1) is 17.1 Å². The fourth-order valence-electron chi connectivity index (χ4n) is 3.38. The van der Waals surface area contributed by atoms with Crippen LogP contribution >= 0.6 is 23.1 Å². The molecule has 0 fully saturated rings. The van der Waals surface area contributed by atoms with E-state index in [9.17, 15) is 14.4 Å². The van der Waals surface area contributed by atoms with Gasteiger partial charge in [0.15, 0.2) is 0 Å². The Morgan fingerprint density at radius 1 is 1.12 bits per heavy atom. The molecule has 5 nitrogen and oxygen atoms in total. The molecule has 0 radical (unpaired) electrons. The summed E-state index contributed by atoms with van der Waals surface area (Å²) in [6, 6.07) is 17.7. The van der Waals surface area contributed by atoms with E-state index < -0.39 is 0 Å². The Hall–Kier alpha value is -3.25. The van der Waals surface area contributed by atoms with E-state index in [1.54, 1.807) is 60.7 Å². The first-order valence-corrected chi connectivity index (χ1v) is 12.2. The van der Waals surface area contributed by atoms with Gasteiger partial charge in [0.05, 0.1) is 21.9 Å². The zero-order valence-corrected chi connectivity index (χ0v) is 20.0. The Labute approximate surface area is 205 Å². The number of ether oxygens (including phenoxy) is 2. The van der Waals surface area contributed by atoms with E-state index in [-0.39, 0.29) is 18.0 Å². The molecule has 0 unspecified atom stereocenters. The average molecular weight is 493 g/mol. The summed E-state index contributed by atoms with van der Waals surface area (Å²) < 4.78 is 24.8. The molecule has 8 heteroatoms. The molecule has 2 heterocycles. The van der Waals surface area contributed by atoms with E-state index in [0.29, 0.717) is 30.9 Å². The number of hydrogen-bond donors (Lipinski definition) is 0. The number of Topliss-reactive ketones (excluding diaryl/α,β-unsaturated/α-hetero) is 1. The van der Waals surface area contributed by atoms with Gasteiger partial charge >= 0.3 is 0 Å². The van der Waals surface area contributed by atoms with Crippen molar-refractivity contribution in [2.75, 3.05) is 20.3 Å². The van der Waals surface area contributed by atoms with Crippen LogP contribution in [-0.2, 0) is 22.4 Å². The molecule has 2 aromatic carbocycles. The lowest BCUT2D eigenvalue weighted by molar-refractivity contribution is -0.117. The largest absolute Gasteiger partial charge is 0.490 e. The van der Waals surface area contributed by atoms with E-state index in [2.05, 4.69) is 11.1 Å². The van der Waals surface area contributed by atoms with Crippen LogP contribution in [0.15, 0.2) is 69.9 Å². The van der Waals surface area contributed by atoms with Crippen molar-refractivity contribution < 1.29 is 18.7 Å². The van der Waals surface area contributed by atoms with Gasteiger partial charge in [-0.1, -0.05) is 23.9 Å². The molecule has 0 saturated carbocycles. The van der Waals surface area contributed by atoms with Crippen molar-refractivity contribution in [1.29, 1.82) is 5.26 Å². The van der Waals surface area contributed by atoms with E-state index in [1.165, 1.54) is 12.1 Å². The molecule has 0 saturated heterocycles. The number of benzene rings is 2. The van der Waals surface area contributed by atoms with Crippen LogP contribution in [-0.4, -0.2) is 31.1 Å². The van der Waals surface area contributed by atoms with Gasteiger partial charge in [0, 0.05) is 47.4 Å². The second-order valence-corrected chi connectivity index (χ2v) is 9.98. The summed E-state index contributed by atoms with van der Waals surface area (Å²) in [6.45, 7) is 0.780. The quantitative estimate of drug-likeness (QED) is 0.259. The van der Waals surface area contributed by atoms with Gasteiger partial charge in [-0.15, -0.1) is 11.3 Å². The van der Waals surface area contributed by atoms with Gasteiger partial charge in [0.2, 0.25) is 0 Å². The number of nitriles is 1. The molecule has 0 aliphatic heterocycles. The summed E-state index contributed by atoms with van der Waals surface area (Å²) in [5, 5.41) is 10.5. The lowest BCUT2D eigenvalue weighted by atomic mass is 10.1. The van der Waals surface area contributed by atoms with Crippen LogP contribution in [0.2, 0.25) is 0 Å². The van der Waals surface area contributed by atoms with Gasteiger partial charge in [0.25, 0.3) is 0 Å². The maximum Gasteiger partial charge on any atom is 0.142 e. The molecule has 34 heavy (non-hydrogen) atoms. The van der Waals surface area contributed by atoms with Gasteiger partial charge < -0.3 is 9.47 Å². The zero-order valence-electron chi connectivity index (χ0n) is 18.4. The molecule has 0 amide bonds. The first-order chi connectivity index (χ1) is 16.6. The average Bonchev–Trinajstić information content (AvgIpc) is 3.27. The van der Waals surface area contributed by atoms with Crippen LogP contribution < -0.4 is 4.74 Å². The molecule has 4 aromatic rings. The monoisotopic (exact) mass is 492 g/mol. The molecular formula is C26H21FN2O3S2. The summed E-state index contributed by atoms with van der Waals surface area (Å²) in [6.07, 6.45) is 2.35. The highest BCUT2D eigenvalue weighted by atomic mass is 32.2. The van der Waals surface area contributed by atoms with Crippen molar-refractivity contribution in [2.24, 2.45) is 0 Å². The third kappa shape index (κ3) is 6.00. The number of pyridine rings is 1.